The van der Waals surface area contributed by atoms with Crippen molar-refractivity contribution in [3.05, 3.63) is 0 Å². The normalized spacial score (nSPS) is 17.7. The summed E-state index contributed by atoms with van der Waals surface area (Å²) in [4.78, 5) is 13.7. The molecule has 0 bridgehead atoms. The maximum absolute atomic E-state index is 11.8. The Labute approximate surface area is 93.2 Å². The molecule has 1 amide bonds. The van der Waals surface area contributed by atoms with E-state index < -0.39 is 0 Å². The third-order valence-electron chi connectivity index (χ3n) is 3.19. The molecule has 0 unspecified atom stereocenters. The summed E-state index contributed by atoms with van der Waals surface area (Å²) in [5.41, 5.74) is 0. The number of carbonyl (C=O) groups is 1. The summed E-state index contributed by atoms with van der Waals surface area (Å²) in [6.07, 6.45) is 5.35. The molecule has 0 saturated carbocycles. The maximum atomic E-state index is 11.8. The first kappa shape index (κ1) is 12.5. The molecular weight excluding hydrogens is 188 g/mol. The molecule has 0 atom stereocenters. The van der Waals surface area contributed by atoms with Crippen LogP contribution in [0.2, 0.25) is 0 Å². The molecule has 88 valence electrons. The molecule has 0 spiro atoms. The summed E-state index contributed by atoms with van der Waals surface area (Å²) in [5, 5.41) is 3.33. The van der Waals surface area contributed by atoms with Crippen molar-refractivity contribution in [2.75, 3.05) is 26.7 Å². The Morgan fingerprint density at radius 2 is 2.07 bits per heavy atom. The summed E-state index contributed by atoms with van der Waals surface area (Å²) in [6.45, 7) is 5.23. The minimum absolute atomic E-state index is 0.329. The SMILES string of the molecule is CCCCN(C)C(=O)CC1CCNCC1. The second kappa shape index (κ2) is 6.83. The van der Waals surface area contributed by atoms with Crippen LogP contribution >= 0.6 is 0 Å². The summed E-state index contributed by atoms with van der Waals surface area (Å²) in [7, 11) is 1.93. The fraction of sp³-hybridized carbons (Fsp3) is 0.917. The minimum atomic E-state index is 0.329. The molecule has 1 aliphatic heterocycles. The van der Waals surface area contributed by atoms with Crippen molar-refractivity contribution in [1.82, 2.24) is 10.2 Å². The van der Waals surface area contributed by atoms with Crippen molar-refractivity contribution in [3.8, 4) is 0 Å². The lowest BCUT2D eigenvalue weighted by atomic mass is 9.94. The molecule has 3 heteroatoms. The van der Waals surface area contributed by atoms with E-state index in [4.69, 9.17) is 0 Å². The van der Waals surface area contributed by atoms with Crippen LogP contribution in [-0.2, 0) is 4.79 Å². The van der Waals surface area contributed by atoms with Gasteiger partial charge < -0.3 is 10.2 Å². The third kappa shape index (κ3) is 4.65. The number of carbonyl (C=O) groups excluding carboxylic acids is 1. The molecule has 1 saturated heterocycles. The van der Waals surface area contributed by atoms with Gasteiger partial charge in [0.2, 0.25) is 5.91 Å². The van der Waals surface area contributed by atoms with E-state index in [2.05, 4.69) is 12.2 Å². The number of piperidine rings is 1. The zero-order valence-corrected chi connectivity index (χ0v) is 10.1. The molecular formula is C12H24N2O. The molecule has 0 aromatic carbocycles. The number of rotatable bonds is 5. The molecule has 0 radical (unpaired) electrons. The third-order valence-corrected chi connectivity index (χ3v) is 3.19. The highest BCUT2D eigenvalue weighted by Crippen LogP contribution is 2.16. The average molecular weight is 212 g/mol. The van der Waals surface area contributed by atoms with Gasteiger partial charge >= 0.3 is 0 Å². The van der Waals surface area contributed by atoms with Crippen LogP contribution in [0.3, 0.4) is 0 Å². The summed E-state index contributed by atoms with van der Waals surface area (Å²) < 4.78 is 0. The van der Waals surface area contributed by atoms with E-state index in [-0.39, 0.29) is 0 Å². The summed E-state index contributed by atoms with van der Waals surface area (Å²) >= 11 is 0. The van der Waals surface area contributed by atoms with Gasteiger partial charge in [0.25, 0.3) is 0 Å². The first-order chi connectivity index (χ1) is 7.24. The van der Waals surface area contributed by atoms with E-state index in [9.17, 15) is 4.79 Å². The van der Waals surface area contributed by atoms with Gasteiger partial charge in [0.15, 0.2) is 0 Å². The largest absolute Gasteiger partial charge is 0.346 e. The van der Waals surface area contributed by atoms with Crippen molar-refractivity contribution in [2.45, 2.75) is 39.0 Å². The Balaban J connectivity index is 2.20. The van der Waals surface area contributed by atoms with Crippen LogP contribution in [0, 0.1) is 5.92 Å². The molecule has 1 N–H and O–H groups in total. The Bertz CT molecular complexity index is 188. The fourth-order valence-electron chi connectivity index (χ4n) is 2.01. The second-order valence-corrected chi connectivity index (χ2v) is 4.57. The van der Waals surface area contributed by atoms with Crippen LogP contribution in [0.15, 0.2) is 0 Å². The van der Waals surface area contributed by atoms with Crippen LogP contribution in [-0.4, -0.2) is 37.5 Å². The van der Waals surface area contributed by atoms with Gasteiger partial charge in [-0.1, -0.05) is 13.3 Å². The lowest BCUT2D eigenvalue weighted by molar-refractivity contribution is -0.131. The van der Waals surface area contributed by atoms with Crippen LogP contribution in [0.5, 0.6) is 0 Å². The van der Waals surface area contributed by atoms with Gasteiger partial charge in [-0.3, -0.25) is 4.79 Å². The molecule has 3 nitrogen and oxygen atoms in total. The Kier molecular flexibility index (Phi) is 5.69. The van der Waals surface area contributed by atoms with Crippen LogP contribution < -0.4 is 5.32 Å². The molecule has 1 fully saturated rings. The van der Waals surface area contributed by atoms with E-state index in [1.807, 2.05) is 11.9 Å². The van der Waals surface area contributed by atoms with Gasteiger partial charge in [0.1, 0.15) is 0 Å². The van der Waals surface area contributed by atoms with E-state index in [0.29, 0.717) is 11.8 Å². The van der Waals surface area contributed by atoms with Gasteiger partial charge in [-0.05, 0) is 38.3 Å². The highest BCUT2D eigenvalue weighted by atomic mass is 16.2. The van der Waals surface area contributed by atoms with Crippen LogP contribution in [0.4, 0.5) is 0 Å². The van der Waals surface area contributed by atoms with Crippen molar-refractivity contribution < 1.29 is 4.79 Å². The quantitative estimate of drug-likeness (QED) is 0.751. The number of hydrogen-bond acceptors (Lipinski definition) is 2. The van der Waals surface area contributed by atoms with E-state index in [1.54, 1.807) is 0 Å². The summed E-state index contributed by atoms with van der Waals surface area (Å²) in [5.74, 6) is 0.943. The maximum Gasteiger partial charge on any atom is 0.222 e. The predicted octanol–water partition coefficient (Wildman–Crippen LogP) is 1.63. The Hall–Kier alpha value is -0.570. The van der Waals surface area contributed by atoms with E-state index in [0.717, 1.165) is 51.7 Å². The molecule has 0 aromatic rings. The van der Waals surface area contributed by atoms with Crippen LogP contribution in [0.25, 0.3) is 0 Å². The number of hydrogen-bond donors (Lipinski definition) is 1. The van der Waals surface area contributed by atoms with Crippen molar-refractivity contribution in [1.29, 1.82) is 0 Å². The van der Waals surface area contributed by atoms with Crippen molar-refractivity contribution >= 4 is 5.91 Å². The molecule has 1 heterocycles. The minimum Gasteiger partial charge on any atom is -0.346 e. The highest BCUT2D eigenvalue weighted by molar-refractivity contribution is 5.76. The fourth-order valence-corrected chi connectivity index (χ4v) is 2.01. The van der Waals surface area contributed by atoms with E-state index in [1.165, 1.54) is 0 Å². The van der Waals surface area contributed by atoms with E-state index >= 15 is 0 Å². The van der Waals surface area contributed by atoms with Gasteiger partial charge in [0, 0.05) is 20.0 Å². The van der Waals surface area contributed by atoms with Gasteiger partial charge in [-0.2, -0.15) is 0 Å². The van der Waals surface area contributed by atoms with Crippen molar-refractivity contribution in [3.63, 3.8) is 0 Å². The lowest BCUT2D eigenvalue weighted by Crippen LogP contribution is -2.33. The van der Waals surface area contributed by atoms with Gasteiger partial charge in [-0.25, -0.2) is 0 Å². The van der Waals surface area contributed by atoms with Crippen molar-refractivity contribution in [2.24, 2.45) is 5.92 Å². The zero-order valence-electron chi connectivity index (χ0n) is 10.1. The smallest absolute Gasteiger partial charge is 0.222 e. The first-order valence-electron chi connectivity index (χ1n) is 6.18. The number of unbranched alkanes of at least 4 members (excludes halogenated alkanes) is 1. The predicted molar refractivity (Wildman–Crippen MR) is 62.8 cm³/mol. The molecule has 1 aliphatic rings. The molecule has 0 aliphatic carbocycles. The summed E-state index contributed by atoms with van der Waals surface area (Å²) in [6, 6.07) is 0. The standard InChI is InChI=1S/C12H24N2O/c1-3-4-9-14(2)12(15)10-11-5-7-13-8-6-11/h11,13H,3-10H2,1-2H3. The average Bonchev–Trinajstić information content (AvgIpc) is 2.27. The zero-order chi connectivity index (χ0) is 11.1. The lowest BCUT2D eigenvalue weighted by Gasteiger charge is -2.24. The van der Waals surface area contributed by atoms with Crippen LogP contribution in [0.1, 0.15) is 39.0 Å². The van der Waals surface area contributed by atoms with Gasteiger partial charge in [0.05, 0.1) is 0 Å². The van der Waals surface area contributed by atoms with Gasteiger partial charge in [-0.15, -0.1) is 0 Å². The number of nitrogens with zero attached hydrogens (tertiary/aromatic N) is 1. The second-order valence-electron chi connectivity index (χ2n) is 4.57. The molecule has 15 heavy (non-hydrogen) atoms. The Morgan fingerprint density at radius 1 is 1.40 bits per heavy atom. The topological polar surface area (TPSA) is 32.3 Å². The number of amides is 1. The highest BCUT2D eigenvalue weighted by Gasteiger charge is 2.18. The number of nitrogens with one attached hydrogen (secondary N) is 1. The molecule has 1 rings (SSSR count). The first-order valence-corrected chi connectivity index (χ1v) is 6.18. The molecule has 0 aromatic heterocycles. The Morgan fingerprint density at radius 3 is 2.67 bits per heavy atom. The monoisotopic (exact) mass is 212 g/mol.